The number of benzene rings is 1. The second-order valence-corrected chi connectivity index (χ2v) is 5.38. The van der Waals surface area contributed by atoms with Crippen LogP contribution in [0, 0.1) is 0 Å². The highest BCUT2D eigenvalue weighted by atomic mass is 35.5. The van der Waals surface area contributed by atoms with E-state index in [1.165, 1.54) is 4.68 Å². The molecule has 1 aliphatic heterocycles. The Morgan fingerprint density at radius 2 is 2.00 bits per heavy atom. The lowest BCUT2D eigenvalue weighted by atomic mass is 10.2. The van der Waals surface area contributed by atoms with Gasteiger partial charge in [0, 0.05) is 6.20 Å². The first-order valence-electron chi connectivity index (χ1n) is 6.97. The minimum atomic E-state index is -1.47. The quantitative estimate of drug-likeness (QED) is 0.715. The smallest absolute Gasteiger partial charge is 0.449 e. The van der Waals surface area contributed by atoms with Gasteiger partial charge >= 0.3 is 12.2 Å². The number of pyridine rings is 1. The van der Waals surface area contributed by atoms with E-state index in [1.807, 2.05) is 29.2 Å². The lowest BCUT2D eigenvalue weighted by molar-refractivity contribution is 0.140. The SMILES string of the molecule is O=C(O)Oc1nc2n(n1)-c1cccnc1N(c1ccccc1Cl)C2. The summed E-state index contributed by atoms with van der Waals surface area (Å²) in [6, 6.07) is 10.7. The lowest BCUT2D eigenvalue weighted by Gasteiger charge is -2.29. The summed E-state index contributed by atoms with van der Waals surface area (Å²) in [4.78, 5) is 21.1. The molecule has 2 aromatic heterocycles. The maximum atomic E-state index is 10.7. The fourth-order valence-electron chi connectivity index (χ4n) is 2.59. The van der Waals surface area contributed by atoms with E-state index in [4.69, 9.17) is 16.7 Å². The molecular formula is C15H10ClN5O3. The van der Waals surface area contributed by atoms with E-state index < -0.39 is 6.16 Å². The van der Waals surface area contributed by atoms with Gasteiger partial charge in [-0.1, -0.05) is 23.7 Å². The molecule has 0 saturated carbocycles. The number of ether oxygens (including phenoxy) is 1. The summed E-state index contributed by atoms with van der Waals surface area (Å²) in [7, 11) is 0. The molecule has 120 valence electrons. The van der Waals surface area contributed by atoms with Crippen molar-refractivity contribution in [3.8, 4) is 11.7 Å². The van der Waals surface area contributed by atoms with Crippen molar-refractivity contribution < 1.29 is 14.6 Å². The molecule has 0 bridgehead atoms. The fraction of sp³-hybridized carbons (Fsp3) is 0.0667. The first-order valence-corrected chi connectivity index (χ1v) is 7.35. The predicted octanol–water partition coefficient (Wildman–Crippen LogP) is 3.02. The van der Waals surface area contributed by atoms with E-state index in [0.717, 1.165) is 5.69 Å². The Morgan fingerprint density at radius 3 is 2.79 bits per heavy atom. The number of hydrogen-bond acceptors (Lipinski definition) is 6. The van der Waals surface area contributed by atoms with Crippen molar-refractivity contribution in [2.45, 2.75) is 6.54 Å². The van der Waals surface area contributed by atoms with Crippen molar-refractivity contribution in [2.24, 2.45) is 0 Å². The predicted molar refractivity (Wildman–Crippen MR) is 85.1 cm³/mol. The highest BCUT2D eigenvalue weighted by Gasteiger charge is 2.28. The van der Waals surface area contributed by atoms with E-state index in [-0.39, 0.29) is 6.01 Å². The Morgan fingerprint density at radius 1 is 1.21 bits per heavy atom. The van der Waals surface area contributed by atoms with Crippen LogP contribution in [-0.2, 0) is 6.54 Å². The molecule has 1 aliphatic rings. The van der Waals surface area contributed by atoms with Gasteiger partial charge in [0.05, 0.1) is 17.3 Å². The van der Waals surface area contributed by atoms with Crippen molar-refractivity contribution in [3.63, 3.8) is 0 Å². The lowest BCUT2D eigenvalue weighted by Crippen LogP contribution is -2.27. The third kappa shape index (κ3) is 2.33. The topological polar surface area (TPSA) is 93.4 Å². The van der Waals surface area contributed by atoms with Gasteiger partial charge in [0.25, 0.3) is 0 Å². The molecule has 1 N–H and O–H groups in total. The zero-order chi connectivity index (χ0) is 16.7. The monoisotopic (exact) mass is 343 g/mol. The first-order chi connectivity index (χ1) is 11.6. The Hall–Kier alpha value is -3.13. The van der Waals surface area contributed by atoms with E-state index in [9.17, 15) is 4.79 Å². The molecule has 9 heteroatoms. The molecule has 0 unspecified atom stereocenters. The minimum absolute atomic E-state index is 0.228. The van der Waals surface area contributed by atoms with E-state index in [1.54, 1.807) is 18.3 Å². The molecule has 3 heterocycles. The summed E-state index contributed by atoms with van der Waals surface area (Å²) in [5.41, 5.74) is 1.43. The summed E-state index contributed by atoms with van der Waals surface area (Å²) in [6.45, 7) is 0.323. The Kier molecular flexibility index (Phi) is 3.31. The highest BCUT2D eigenvalue weighted by molar-refractivity contribution is 6.33. The van der Waals surface area contributed by atoms with Gasteiger partial charge in [-0.2, -0.15) is 4.98 Å². The number of carbonyl (C=O) groups is 1. The standard InChI is InChI=1S/C15H10ClN5O3/c16-9-4-1-2-5-10(9)20-8-12-18-14(24-15(22)23)19-21(12)11-6-3-7-17-13(11)20/h1-7H,8H2,(H,22,23). The summed E-state index contributed by atoms with van der Waals surface area (Å²) < 4.78 is 6.08. The van der Waals surface area contributed by atoms with Crippen LogP contribution in [0.5, 0.6) is 6.01 Å². The van der Waals surface area contributed by atoms with Crippen LogP contribution in [0.25, 0.3) is 5.69 Å². The summed E-state index contributed by atoms with van der Waals surface area (Å²) in [6.07, 6.45) is 0.200. The number of anilines is 2. The average molecular weight is 344 g/mol. The molecule has 4 rings (SSSR count). The zero-order valence-corrected chi connectivity index (χ0v) is 12.9. The molecule has 0 spiro atoms. The molecule has 0 atom stereocenters. The molecule has 0 radical (unpaired) electrons. The van der Waals surface area contributed by atoms with Gasteiger partial charge in [-0.25, -0.2) is 14.5 Å². The van der Waals surface area contributed by atoms with E-state index >= 15 is 0 Å². The number of hydrogen-bond donors (Lipinski definition) is 1. The van der Waals surface area contributed by atoms with Crippen LogP contribution in [0.1, 0.15) is 5.82 Å². The number of rotatable bonds is 2. The van der Waals surface area contributed by atoms with Crippen LogP contribution >= 0.6 is 11.6 Å². The number of para-hydroxylation sites is 1. The molecule has 1 aromatic carbocycles. The highest BCUT2D eigenvalue weighted by Crippen LogP contribution is 2.38. The van der Waals surface area contributed by atoms with Crippen LogP contribution in [0.4, 0.5) is 16.3 Å². The number of nitrogens with zero attached hydrogens (tertiary/aromatic N) is 5. The van der Waals surface area contributed by atoms with E-state index in [0.29, 0.717) is 28.9 Å². The zero-order valence-electron chi connectivity index (χ0n) is 12.1. The van der Waals surface area contributed by atoms with Gasteiger partial charge < -0.3 is 14.7 Å². The Bertz CT molecular complexity index is 942. The molecular weight excluding hydrogens is 334 g/mol. The summed E-state index contributed by atoms with van der Waals surface area (Å²) >= 11 is 6.31. The molecule has 8 nitrogen and oxygen atoms in total. The van der Waals surface area contributed by atoms with Gasteiger partial charge in [0.2, 0.25) is 0 Å². The summed E-state index contributed by atoms with van der Waals surface area (Å²) in [5, 5.41) is 13.4. The summed E-state index contributed by atoms with van der Waals surface area (Å²) in [5.74, 6) is 1.16. The molecule has 0 aliphatic carbocycles. The van der Waals surface area contributed by atoms with Crippen LogP contribution < -0.4 is 9.64 Å². The molecule has 0 fully saturated rings. The van der Waals surface area contributed by atoms with Gasteiger partial charge in [0.15, 0.2) is 11.6 Å². The molecule has 24 heavy (non-hydrogen) atoms. The van der Waals surface area contributed by atoms with Crippen molar-refractivity contribution in [1.82, 2.24) is 19.7 Å². The van der Waals surface area contributed by atoms with Gasteiger partial charge in [-0.15, -0.1) is 5.10 Å². The second kappa shape index (κ2) is 5.50. The van der Waals surface area contributed by atoms with E-state index in [2.05, 4.69) is 19.8 Å². The molecule has 0 amide bonds. The van der Waals surface area contributed by atoms with Crippen molar-refractivity contribution in [2.75, 3.05) is 4.90 Å². The van der Waals surface area contributed by atoms with Crippen LogP contribution in [0.15, 0.2) is 42.6 Å². The first kappa shape index (κ1) is 14.5. The second-order valence-electron chi connectivity index (χ2n) is 4.97. The van der Waals surface area contributed by atoms with Gasteiger partial charge in [-0.3, -0.25) is 0 Å². The normalized spacial score (nSPS) is 12.5. The van der Waals surface area contributed by atoms with Crippen LogP contribution in [0.2, 0.25) is 5.02 Å². The molecule has 0 saturated heterocycles. The third-order valence-electron chi connectivity index (χ3n) is 3.53. The van der Waals surface area contributed by atoms with Crippen LogP contribution in [0.3, 0.4) is 0 Å². The number of carboxylic acid groups (broad SMARTS) is 1. The van der Waals surface area contributed by atoms with Gasteiger partial charge in [-0.05, 0) is 24.3 Å². The number of aromatic nitrogens is 4. The molecule has 3 aromatic rings. The Balaban J connectivity index is 1.85. The number of halogens is 1. The fourth-order valence-corrected chi connectivity index (χ4v) is 2.83. The largest absolute Gasteiger partial charge is 0.513 e. The van der Waals surface area contributed by atoms with Crippen molar-refractivity contribution in [1.29, 1.82) is 0 Å². The van der Waals surface area contributed by atoms with Crippen molar-refractivity contribution in [3.05, 3.63) is 53.4 Å². The van der Waals surface area contributed by atoms with Crippen molar-refractivity contribution >= 4 is 29.3 Å². The Labute approximate surface area is 140 Å². The van der Waals surface area contributed by atoms with Crippen LogP contribution in [-0.4, -0.2) is 31.0 Å². The third-order valence-corrected chi connectivity index (χ3v) is 3.85. The maximum Gasteiger partial charge on any atom is 0.513 e. The minimum Gasteiger partial charge on any atom is -0.449 e. The van der Waals surface area contributed by atoms with Gasteiger partial charge in [0.1, 0.15) is 5.69 Å². The average Bonchev–Trinajstić information content (AvgIpc) is 2.96. The maximum absolute atomic E-state index is 10.7. The number of fused-ring (bicyclic) bond motifs is 3.